The van der Waals surface area contributed by atoms with Crippen molar-refractivity contribution in [3.05, 3.63) is 35.9 Å². The molecule has 5 nitrogen and oxygen atoms in total. The van der Waals surface area contributed by atoms with E-state index in [9.17, 15) is 4.79 Å². The summed E-state index contributed by atoms with van der Waals surface area (Å²) in [4.78, 5) is 15.4. The molecule has 1 atom stereocenters. The maximum Gasteiger partial charge on any atom is 0.374 e. The van der Waals surface area contributed by atoms with Crippen molar-refractivity contribution in [2.75, 3.05) is 52.6 Å². The van der Waals surface area contributed by atoms with E-state index in [1.54, 1.807) is 0 Å². The van der Waals surface area contributed by atoms with Crippen LogP contribution in [0.25, 0.3) is 0 Å². The molecule has 7 heteroatoms. The van der Waals surface area contributed by atoms with Crippen LogP contribution in [0, 0.1) is 0 Å². The Bertz CT molecular complexity index is 464. The van der Waals surface area contributed by atoms with E-state index < -0.39 is 0 Å². The molecule has 2 saturated heterocycles. The molecule has 3 rings (SSSR count). The average Bonchev–Trinajstić information content (AvgIpc) is 2.58. The summed E-state index contributed by atoms with van der Waals surface area (Å²) in [5.41, 5.74) is 1.12. The number of ether oxygens (including phenoxy) is 2. The number of nitrogens with one attached hydrogen (secondary N) is 2. The van der Waals surface area contributed by atoms with E-state index in [0.29, 0.717) is 19.1 Å². The van der Waals surface area contributed by atoms with E-state index >= 15 is 0 Å². The minimum absolute atomic E-state index is 0. The van der Waals surface area contributed by atoms with E-state index in [1.165, 1.54) is 4.90 Å². The normalized spacial score (nSPS) is 20.9. The molecule has 2 aliphatic rings. The second-order valence-electron chi connectivity index (χ2n) is 5.69. The minimum Gasteiger partial charge on any atom is -1.00 e. The highest BCUT2D eigenvalue weighted by Crippen LogP contribution is 2.09. The Morgan fingerprint density at radius 3 is 1.96 bits per heavy atom. The van der Waals surface area contributed by atoms with E-state index in [2.05, 4.69) is 12.1 Å². The number of benzene rings is 1. The fourth-order valence-electron chi connectivity index (χ4n) is 3.21. The Morgan fingerprint density at radius 1 is 0.870 bits per heavy atom. The summed E-state index contributed by atoms with van der Waals surface area (Å²) in [6.45, 7) is 6.21. The first-order valence-electron chi connectivity index (χ1n) is 7.80. The standard InChI is InChI=1S/C16H22N2O3.2ClH/c19-16(18-8-12-21-13-9-18)15(14-4-2-1-3-5-14)17-6-10-20-11-7-17;;/h1-5,15H,6-13H2;2*1H. The van der Waals surface area contributed by atoms with Crippen LogP contribution in [-0.2, 0) is 14.3 Å². The van der Waals surface area contributed by atoms with Crippen LogP contribution >= 0.6 is 0 Å². The zero-order valence-electron chi connectivity index (χ0n) is 13.1. The van der Waals surface area contributed by atoms with Gasteiger partial charge < -0.3 is 39.2 Å². The molecule has 0 spiro atoms. The first kappa shape index (κ1) is 20.4. The SMILES string of the molecule is O=C(C(c1ccccc1)[NH+]1CCOCC1)[NH+]1CCOCC1.[Cl-].[Cl-]. The lowest BCUT2D eigenvalue weighted by molar-refractivity contribution is -0.946. The molecule has 23 heavy (non-hydrogen) atoms. The van der Waals surface area contributed by atoms with Crippen LogP contribution in [0.3, 0.4) is 0 Å². The molecule has 1 aromatic carbocycles. The van der Waals surface area contributed by atoms with Gasteiger partial charge in [0.05, 0.1) is 26.4 Å². The Labute approximate surface area is 149 Å². The maximum absolute atomic E-state index is 13.0. The number of morpholine rings is 2. The topological polar surface area (TPSA) is 44.4 Å². The third-order valence-corrected chi connectivity index (χ3v) is 4.38. The van der Waals surface area contributed by atoms with Crippen molar-refractivity contribution in [3.63, 3.8) is 0 Å². The summed E-state index contributed by atoms with van der Waals surface area (Å²) in [5, 5.41) is 0. The fourth-order valence-corrected chi connectivity index (χ4v) is 3.21. The van der Waals surface area contributed by atoms with Crippen LogP contribution in [0.15, 0.2) is 30.3 Å². The summed E-state index contributed by atoms with van der Waals surface area (Å²) >= 11 is 0. The second kappa shape index (κ2) is 10.2. The summed E-state index contributed by atoms with van der Waals surface area (Å²) in [5.74, 6) is 0.307. The quantitative estimate of drug-likeness (QED) is 0.561. The zero-order valence-corrected chi connectivity index (χ0v) is 14.6. The van der Waals surface area contributed by atoms with Crippen molar-refractivity contribution >= 4 is 5.91 Å². The molecule has 1 amide bonds. The minimum atomic E-state index is -0.0804. The van der Waals surface area contributed by atoms with E-state index in [-0.39, 0.29) is 30.9 Å². The first-order chi connectivity index (χ1) is 10.4. The summed E-state index contributed by atoms with van der Waals surface area (Å²) in [6.07, 6.45) is 0. The molecule has 1 aromatic rings. The van der Waals surface area contributed by atoms with Gasteiger partial charge in [0.1, 0.15) is 26.2 Å². The highest BCUT2D eigenvalue weighted by atomic mass is 35.5. The van der Waals surface area contributed by atoms with Gasteiger partial charge in [0.15, 0.2) is 0 Å². The molecular formula is C16H24Cl2N2O3. The van der Waals surface area contributed by atoms with Gasteiger partial charge in [-0.15, -0.1) is 0 Å². The molecule has 0 bridgehead atoms. The highest BCUT2D eigenvalue weighted by Gasteiger charge is 2.39. The monoisotopic (exact) mass is 362 g/mol. The average molecular weight is 363 g/mol. The smallest absolute Gasteiger partial charge is 0.374 e. The van der Waals surface area contributed by atoms with Gasteiger partial charge in [0.25, 0.3) is 0 Å². The lowest BCUT2D eigenvalue weighted by Crippen LogP contribution is -3.24. The molecule has 0 radical (unpaired) electrons. The zero-order chi connectivity index (χ0) is 14.5. The molecule has 2 N–H and O–H groups in total. The van der Waals surface area contributed by atoms with Gasteiger partial charge >= 0.3 is 5.91 Å². The number of hydrogen-bond acceptors (Lipinski definition) is 3. The number of amides is 1. The van der Waals surface area contributed by atoms with Gasteiger partial charge in [-0.05, 0) is 0 Å². The molecule has 2 fully saturated rings. The maximum atomic E-state index is 13.0. The lowest BCUT2D eigenvalue weighted by atomic mass is 10.0. The fraction of sp³-hybridized carbons (Fsp3) is 0.562. The molecular weight excluding hydrogens is 339 g/mol. The molecule has 2 heterocycles. The van der Waals surface area contributed by atoms with Gasteiger partial charge in [0.2, 0.25) is 6.04 Å². The molecule has 1 unspecified atom stereocenters. The van der Waals surface area contributed by atoms with Gasteiger partial charge in [-0.1, -0.05) is 30.3 Å². The molecule has 0 saturated carbocycles. The van der Waals surface area contributed by atoms with Crippen molar-refractivity contribution < 1.29 is 48.9 Å². The third kappa shape index (κ3) is 5.14. The number of rotatable bonds is 3. The molecule has 130 valence electrons. The van der Waals surface area contributed by atoms with Crippen molar-refractivity contribution in [1.29, 1.82) is 0 Å². The molecule has 2 aliphatic heterocycles. The number of carbonyl (C=O) groups is 1. The van der Waals surface area contributed by atoms with Gasteiger partial charge in [-0.25, -0.2) is 4.79 Å². The van der Waals surface area contributed by atoms with Crippen molar-refractivity contribution in [1.82, 2.24) is 0 Å². The largest absolute Gasteiger partial charge is 1.00 e. The molecule has 0 aromatic heterocycles. The number of hydrogen-bond donors (Lipinski definition) is 2. The van der Waals surface area contributed by atoms with Gasteiger partial charge in [-0.3, -0.25) is 4.90 Å². The van der Waals surface area contributed by atoms with E-state index in [1.807, 2.05) is 18.2 Å². The number of quaternary nitrogens is 2. The first-order valence-corrected chi connectivity index (χ1v) is 7.80. The molecule has 0 aliphatic carbocycles. The Hall–Kier alpha value is -0.690. The van der Waals surface area contributed by atoms with Crippen molar-refractivity contribution in [3.8, 4) is 0 Å². The summed E-state index contributed by atoms with van der Waals surface area (Å²) < 4.78 is 10.8. The van der Waals surface area contributed by atoms with Crippen LogP contribution < -0.4 is 34.6 Å². The summed E-state index contributed by atoms with van der Waals surface area (Å²) in [6, 6.07) is 10.1. The summed E-state index contributed by atoms with van der Waals surface area (Å²) in [7, 11) is 0. The van der Waals surface area contributed by atoms with Crippen LogP contribution in [-0.4, -0.2) is 58.5 Å². The predicted molar refractivity (Wildman–Crippen MR) is 77.2 cm³/mol. The predicted octanol–water partition coefficient (Wildman–Crippen LogP) is -7.91. The van der Waals surface area contributed by atoms with Crippen molar-refractivity contribution in [2.45, 2.75) is 6.04 Å². The van der Waals surface area contributed by atoms with E-state index in [0.717, 1.165) is 49.9 Å². The Morgan fingerprint density at radius 2 is 1.39 bits per heavy atom. The van der Waals surface area contributed by atoms with Crippen LogP contribution in [0.5, 0.6) is 0 Å². The van der Waals surface area contributed by atoms with E-state index in [4.69, 9.17) is 9.47 Å². The Kier molecular flexibility index (Phi) is 9.06. The van der Waals surface area contributed by atoms with Crippen molar-refractivity contribution in [2.24, 2.45) is 0 Å². The number of carbonyl (C=O) groups excluding carboxylic acids is 1. The number of halogens is 2. The van der Waals surface area contributed by atoms with Crippen LogP contribution in [0.1, 0.15) is 11.6 Å². The van der Waals surface area contributed by atoms with Crippen LogP contribution in [0.2, 0.25) is 0 Å². The van der Waals surface area contributed by atoms with Gasteiger partial charge in [0, 0.05) is 5.56 Å². The van der Waals surface area contributed by atoms with Crippen LogP contribution in [0.4, 0.5) is 0 Å². The Balaban J connectivity index is 0.00000132. The van der Waals surface area contributed by atoms with Gasteiger partial charge in [-0.2, -0.15) is 0 Å². The second-order valence-corrected chi connectivity index (χ2v) is 5.69. The third-order valence-electron chi connectivity index (χ3n) is 4.38. The lowest BCUT2D eigenvalue weighted by Gasteiger charge is -2.32. The highest BCUT2D eigenvalue weighted by molar-refractivity contribution is 5.73.